The number of hydrogen-bond donors (Lipinski definition) is 0. The minimum atomic E-state index is -1.05. The summed E-state index contributed by atoms with van der Waals surface area (Å²) in [6, 6.07) is 19.1. The molecule has 1 amide bonds. The highest BCUT2D eigenvalue weighted by Gasteiger charge is 2.50. The van der Waals surface area contributed by atoms with E-state index in [-0.39, 0.29) is 30.9 Å². The molecule has 178 valence electrons. The topological polar surface area (TPSA) is 63.7 Å². The van der Waals surface area contributed by atoms with Crippen molar-refractivity contribution in [3.05, 3.63) is 99.6 Å². The third-order valence-corrected chi connectivity index (χ3v) is 7.67. The van der Waals surface area contributed by atoms with Crippen molar-refractivity contribution in [2.75, 3.05) is 11.5 Å². The highest BCUT2D eigenvalue weighted by molar-refractivity contribution is 7.10. The maximum Gasteiger partial charge on any atom is 0.317 e. The number of benzene rings is 2. The molecule has 0 N–H and O–H groups in total. The molecule has 5 nitrogen and oxygen atoms in total. The van der Waals surface area contributed by atoms with Crippen LogP contribution in [0.4, 0.5) is 10.1 Å². The number of rotatable bonds is 5. The van der Waals surface area contributed by atoms with Crippen LogP contribution in [0, 0.1) is 11.7 Å². The molecular formula is C28H24FNO4S. The van der Waals surface area contributed by atoms with E-state index in [1.54, 1.807) is 30.0 Å². The number of carbonyl (C=O) groups excluding carboxylic acids is 3. The number of thiophene rings is 1. The van der Waals surface area contributed by atoms with Gasteiger partial charge in [-0.2, -0.15) is 0 Å². The van der Waals surface area contributed by atoms with E-state index in [0.717, 1.165) is 4.88 Å². The zero-order valence-electron chi connectivity index (χ0n) is 19.1. The number of ketones is 1. The Morgan fingerprint density at radius 3 is 2.46 bits per heavy atom. The van der Waals surface area contributed by atoms with E-state index in [2.05, 4.69) is 0 Å². The van der Waals surface area contributed by atoms with E-state index in [4.69, 9.17) is 4.74 Å². The molecule has 0 saturated heterocycles. The summed E-state index contributed by atoms with van der Waals surface area (Å²) in [5, 5.41) is 1.90. The average Bonchev–Trinajstić information content (AvgIpc) is 3.39. The summed E-state index contributed by atoms with van der Waals surface area (Å²) in [6.45, 7) is 1.85. The Bertz CT molecular complexity index is 1300. The van der Waals surface area contributed by atoms with E-state index in [1.165, 1.54) is 17.4 Å². The van der Waals surface area contributed by atoms with Crippen molar-refractivity contribution in [3.63, 3.8) is 0 Å². The Labute approximate surface area is 206 Å². The molecule has 0 unspecified atom stereocenters. The summed E-state index contributed by atoms with van der Waals surface area (Å²) < 4.78 is 20.3. The first kappa shape index (κ1) is 23.2. The number of para-hydroxylation sites is 1. The van der Waals surface area contributed by atoms with Gasteiger partial charge in [0.15, 0.2) is 5.78 Å². The fourth-order valence-corrected chi connectivity index (χ4v) is 6.07. The average molecular weight is 490 g/mol. The highest BCUT2D eigenvalue weighted by atomic mass is 32.1. The molecule has 0 spiro atoms. The Morgan fingerprint density at radius 2 is 1.77 bits per heavy atom. The molecule has 2 heterocycles. The first-order valence-corrected chi connectivity index (χ1v) is 12.5. The number of ether oxygens (including phenoxy) is 1. The molecule has 0 saturated carbocycles. The minimum absolute atomic E-state index is 0.0698. The van der Waals surface area contributed by atoms with Crippen LogP contribution in [0.3, 0.4) is 0 Å². The molecule has 2 aliphatic rings. The van der Waals surface area contributed by atoms with Crippen LogP contribution in [-0.4, -0.2) is 24.3 Å². The first-order chi connectivity index (χ1) is 17.0. The zero-order chi connectivity index (χ0) is 24.5. The molecule has 0 bridgehead atoms. The lowest BCUT2D eigenvalue weighted by Crippen LogP contribution is -2.46. The van der Waals surface area contributed by atoms with Crippen molar-refractivity contribution in [1.82, 2.24) is 0 Å². The Morgan fingerprint density at radius 1 is 1.03 bits per heavy atom. The molecule has 2 aromatic carbocycles. The predicted octanol–water partition coefficient (Wildman–Crippen LogP) is 5.60. The molecule has 3 atom stereocenters. The summed E-state index contributed by atoms with van der Waals surface area (Å²) >= 11 is 1.46. The number of halogens is 1. The summed E-state index contributed by atoms with van der Waals surface area (Å²) in [4.78, 5) is 43.2. The van der Waals surface area contributed by atoms with Crippen molar-refractivity contribution in [2.24, 2.45) is 5.92 Å². The van der Waals surface area contributed by atoms with Crippen LogP contribution < -0.4 is 4.90 Å². The van der Waals surface area contributed by atoms with Gasteiger partial charge in [0.1, 0.15) is 11.7 Å². The lowest BCUT2D eigenvalue weighted by Gasteiger charge is -2.42. The van der Waals surface area contributed by atoms with Crippen molar-refractivity contribution >= 4 is 34.7 Å². The van der Waals surface area contributed by atoms with Crippen LogP contribution in [0.15, 0.2) is 83.4 Å². The second kappa shape index (κ2) is 9.58. The number of allylic oxidation sites excluding steroid dienone is 2. The number of esters is 1. The smallest absolute Gasteiger partial charge is 0.317 e. The predicted molar refractivity (Wildman–Crippen MR) is 132 cm³/mol. The van der Waals surface area contributed by atoms with Crippen LogP contribution in [-0.2, 0) is 19.1 Å². The van der Waals surface area contributed by atoms with Gasteiger partial charge >= 0.3 is 5.97 Å². The molecule has 3 aromatic rings. The van der Waals surface area contributed by atoms with Gasteiger partial charge in [0.25, 0.3) is 0 Å². The van der Waals surface area contributed by atoms with E-state index >= 15 is 0 Å². The lowest BCUT2D eigenvalue weighted by atomic mass is 9.69. The molecule has 5 rings (SSSR count). The van der Waals surface area contributed by atoms with Crippen molar-refractivity contribution in [1.29, 1.82) is 0 Å². The van der Waals surface area contributed by atoms with E-state index < -0.39 is 35.3 Å². The van der Waals surface area contributed by atoms with Gasteiger partial charge in [-0.25, -0.2) is 4.39 Å². The van der Waals surface area contributed by atoms with Crippen LogP contribution in [0.5, 0.6) is 0 Å². The standard InChI is InChI=1S/C28H24FNO4S/c1-2-34-28(33)26-20(23-13-8-14-35-23)15-22-25(27(26)32)19(18-11-6-7-12-21(18)29)16-24(31)30(22)17-9-4-3-5-10-17/h3-14,19-20,26H,2,15-16H2,1H3/t19-,20-,26+/m1/s1. The maximum absolute atomic E-state index is 14.9. The molecule has 1 aliphatic carbocycles. The number of amides is 1. The van der Waals surface area contributed by atoms with E-state index in [1.807, 2.05) is 47.8 Å². The van der Waals surface area contributed by atoms with Gasteiger partial charge in [-0.1, -0.05) is 42.5 Å². The lowest BCUT2D eigenvalue weighted by molar-refractivity contribution is -0.152. The van der Waals surface area contributed by atoms with Gasteiger partial charge in [0.2, 0.25) is 5.91 Å². The Hall–Kier alpha value is -3.58. The molecule has 0 fully saturated rings. The van der Waals surface area contributed by atoms with Crippen LogP contribution in [0.1, 0.15) is 42.0 Å². The van der Waals surface area contributed by atoms with Gasteiger partial charge in [0.05, 0.1) is 6.61 Å². The van der Waals surface area contributed by atoms with Crippen LogP contribution >= 0.6 is 11.3 Å². The monoisotopic (exact) mass is 489 g/mol. The molecule has 1 aromatic heterocycles. The van der Waals surface area contributed by atoms with Gasteiger partial charge in [-0.3, -0.25) is 19.3 Å². The number of hydrogen-bond acceptors (Lipinski definition) is 5. The fourth-order valence-electron chi connectivity index (χ4n) is 5.20. The molecule has 7 heteroatoms. The zero-order valence-corrected chi connectivity index (χ0v) is 20.0. The number of carbonyl (C=O) groups is 3. The molecular weight excluding hydrogens is 465 g/mol. The molecule has 0 radical (unpaired) electrons. The first-order valence-electron chi connectivity index (χ1n) is 11.6. The van der Waals surface area contributed by atoms with Crippen molar-refractivity contribution in [3.8, 4) is 0 Å². The molecule has 1 aliphatic heterocycles. The van der Waals surface area contributed by atoms with Gasteiger partial charge in [0, 0.05) is 40.1 Å². The Balaban J connectivity index is 1.73. The fraction of sp³-hybridized carbons (Fsp3) is 0.250. The van der Waals surface area contributed by atoms with Crippen LogP contribution in [0.25, 0.3) is 0 Å². The van der Waals surface area contributed by atoms with E-state index in [0.29, 0.717) is 17.0 Å². The summed E-state index contributed by atoms with van der Waals surface area (Å²) in [5.41, 5.74) is 1.78. The maximum atomic E-state index is 14.9. The van der Waals surface area contributed by atoms with Crippen LogP contribution in [0.2, 0.25) is 0 Å². The largest absolute Gasteiger partial charge is 0.465 e. The second-order valence-corrected chi connectivity index (χ2v) is 9.60. The van der Waals surface area contributed by atoms with Gasteiger partial charge < -0.3 is 4.74 Å². The van der Waals surface area contributed by atoms with Gasteiger partial charge in [-0.05, 0) is 48.6 Å². The molecule has 35 heavy (non-hydrogen) atoms. The number of nitrogens with zero attached hydrogens (tertiary/aromatic N) is 1. The SMILES string of the molecule is CCOC(=O)[C@@H]1C(=O)C2=C(C[C@@H]1c1cccs1)N(c1ccccc1)C(=O)C[C@@H]2c1ccccc1F. The third-order valence-electron chi connectivity index (χ3n) is 6.67. The number of anilines is 1. The second-order valence-electron chi connectivity index (χ2n) is 8.62. The number of Topliss-reactive ketones (excluding diaryl/α,β-unsaturated/α-hetero) is 1. The summed E-state index contributed by atoms with van der Waals surface area (Å²) in [6.07, 6.45) is 0.219. The third kappa shape index (κ3) is 4.10. The van der Waals surface area contributed by atoms with E-state index in [9.17, 15) is 18.8 Å². The van der Waals surface area contributed by atoms with Gasteiger partial charge in [-0.15, -0.1) is 11.3 Å². The Kier molecular flexibility index (Phi) is 6.34. The normalized spacial score (nSPS) is 22.2. The van der Waals surface area contributed by atoms with Crippen molar-refractivity contribution < 1.29 is 23.5 Å². The highest BCUT2D eigenvalue weighted by Crippen LogP contribution is 2.50. The summed E-state index contributed by atoms with van der Waals surface area (Å²) in [5.74, 6) is -3.97. The van der Waals surface area contributed by atoms with Crippen molar-refractivity contribution in [2.45, 2.75) is 31.6 Å². The quantitative estimate of drug-likeness (QED) is 0.346. The minimum Gasteiger partial charge on any atom is -0.465 e. The summed E-state index contributed by atoms with van der Waals surface area (Å²) in [7, 11) is 0.